The molecule has 0 atom stereocenters. The molecule has 162 valence electrons. The van der Waals surface area contributed by atoms with Gasteiger partial charge in [0, 0.05) is 30.0 Å². The molecule has 0 spiro atoms. The number of ether oxygens (including phenoxy) is 2. The van der Waals surface area contributed by atoms with Crippen LogP contribution in [0.15, 0.2) is 46.8 Å². The summed E-state index contributed by atoms with van der Waals surface area (Å²) in [5.74, 6) is 0.684. The lowest BCUT2D eigenvalue weighted by Gasteiger charge is -2.22. The minimum atomic E-state index is -0.460. The van der Waals surface area contributed by atoms with Crippen molar-refractivity contribution in [3.05, 3.63) is 58.1 Å². The number of benzene rings is 2. The van der Waals surface area contributed by atoms with E-state index in [-0.39, 0.29) is 24.3 Å². The van der Waals surface area contributed by atoms with E-state index < -0.39 is 4.92 Å². The van der Waals surface area contributed by atoms with Crippen LogP contribution in [-0.2, 0) is 20.7 Å². The van der Waals surface area contributed by atoms with Gasteiger partial charge in [-0.2, -0.15) is 0 Å². The highest BCUT2D eigenvalue weighted by molar-refractivity contribution is 8.01. The Labute approximate surface area is 187 Å². The zero-order valence-corrected chi connectivity index (χ0v) is 18.2. The van der Waals surface area contributed by atoms with Crippen LogP contribution in [0.3, 0.4) is 0 Å². The van der Waals surface area contributed by atoms with Gasteiger partial charge in [0.15, 0.2) is 10.6 Å². The van der Waals surface area contributed by atoms with Crippen LogP contribution in [-0.4, -0.2) is 41.1 Å². The lowest BCUT2D eigenvalue weighted by molar-refractivity contribution is -0.384. The molecule has 0 radical (unpaired) electrons. The molecule has 1 N–H and O–H groups in total. The topological polar surface area (TPSA) is 104 Å². The van der Waals surface area contributed by atoms with Gasteiger partial charge in [-0.25, -0.2) is 4.98 Å². The molecule has 1 aliphatic heterocycles. The second kappa shape index (κ2) is 10.2. The predicted octanol–water partition coefficient (Wildman–Crippen LogP) is 4.63. The van der Waals surface area contributed by atoms with Crippen LogP contribution in [0.5, 0.6) is 0 Å². The number of carbonyl (C=O) groups is 1. The summed E-state index contributed by atoms with van der Waals surface area (Å²) < 4.78 is 13.1. The van der Waals surface area contributed by atoms with Crippen LogP contribution in [0.2, 0.25) is 0 Å². The fourth-order valence-electron chi connectivity index (χ4n) is 3.11. The van der Waals surface area contributed by atoms with Crippen LogP contribution < -0.4 is 5.32 Å². The van der Waals surface area contributed by atoms with Crippen LogP contribution in [0.25, 0.3) is 10.2 Å². The molecule has 3 aromatic rings. The standard InChI is InChI=1S/C21H21N3O5S2/c25-19(12-14-2-5-16(6-3-14)24(26)27)22-15-4-7-17-18(13-15)31-21(23-17)30-11-8-20-28-9-1-10-29-20/h2-7,13,20H,1,8-12H2,(H,22,25). The summed E-state index contributed by atoms with van der Waals surface area (Å²) in [6, 6.07) is 11.6. The number of rotatable bonds is 8. The van der Waals surface area contributed by atoms with Gasteiger partial charge in [-0.1, -0.05) is 23.9 Å². The van der Waals surface area contributed by atoms with Crippen molar-refractivity contribution in [2.75, 3.05) is 24.3 Å². The average molecular weight is 460 g/mol. The molecule has 8 nitrogen and oxygen atoms in total. The quantitative estimate of drug-likeness (QED) is 0.297. The fourth-order valence-corrected chi connectivity index (χ4v) is 5.25. The van der Waals surface area contributed by atoms with E-state index in [2.05, 4.69) is 10.3 Å². The number of fused-ring (bicyclic) bond motifs is 1. The average Bonchev–Trinajstić information content (AvgIpc) is 3.17. The highest BCUT2D eigenvalue weighted by atomic mass is 32.2. The third-order valence-corrected chi connectivity index (χ3v) is 6.83. The fraction of sp³-hybridized carbons (Fsp3) is 0.333. The first-order valence-corrected chi connectivity index (χ1v) is 11.7. The van der Waals surface area contributed by atoms with Crippen molar-refractivity contribution >= 4 is 50.6 Å². The van der Waals surface area contributed by atoms with Gasteiger partial charge in [0.2, 0.25) is 5.91 Å². The summed E-state index contributed by atoms with van der Waals surface area (Å²) in [4.78, 5) is 27.3. The lowest BCUT2D eigenvalue weighted by Crippen LogP contribution is -2.25. The minimum Gasteiger partial charge on any atom is -0.353 e. The Hall–Kier alpha value is -2.53. The molecule has 10 heteroatoms. The highest BCUT2D eigenvalue weighted by Gasteiger charge is 2.15. The van der Waals surface area contributed by atoms with Crippen molar-refractivity contribution in [2.45, 2.75) is 29.9 Å². The number of thiazole rings is 1. The second-order valence-corrected chi connectivity index (χ2v) is 9.35. The predicted molar refractivity (Wildman–Crippen MR) is 121 cm³/mol. The molecule has 0 bridgehead atoms. The Morgan fingerprint density at radius 3 is 2.74 bits per heavy atom. The summed E-state index contributed by atoms with van der Waals surface area (Å²) in [6.07, 6.45) is 1.80. The van der Waals surface area contributed by atoms with Gasteiger partial charge in [-0.05, 0) is 30.2 Å². The maximum Gasteiger partial charge on any atom is 0.269 e. The summed E-state index contributed by atoms with van der Waals surface area (Å²) in [5.41, 5.74) is 2.31. The lowest BCUT2D eigenvalue weighted by atomic mass is 10.1. The van der Waals surface area contributed by atoms with Gasteiger partial charge >= 0.3 is 0 Å². The second-order valence-electron chi connectivity index (χ2n) is 6.97. The van der Waals surface area contributed by atoms with Gasteiger partial charge in [-0.3, -0.25) is 14.9 Å². The van der Waals surface area contributed by atoms with E-state index in [4.69, 9.17) is 9.47 Å². The molecule has 1 saturated heterocycles. The van der Waals surface area contributed by atoms with Gasteiger partial charge < -0.3 is 14.8 Å². The van der Waals surface area contributed by atoms with Crippen LogP contribution in [0.4, 0.5) is 11.4 Å². The van der Waals surface area contributed by atoms with Gasteiger partial charge in [-0.15, -0.1) is 11.3 Å². The van der Waals surface area contributed by atoms with Crippen LogP contribution in [0.1, 0.15) is 18.4 Å². The molecule has 31 heavy (non-hydrogen) atoms. The summed E-state index contributed by atoms with van der Waals surface area (Å²) in [6.45, 7) is 1.52. The number of nitro benzene ring substituents is 1. The maximum atomic E-state index is 12.3. The van der Waals surface area contributed by atoms with E-state index in [0.717, 1.165) is 46.4 Å². The van der Waals surface area contributed by atoms with E-state index in [1.807, 2.05) is 18.2 Å². The van der Waals surface area contributed by atoms with Crippen molar-refractivity contribution < 1.29 is 19.2 Å². The Balaban J connectivity index is 1.31. The maximum absolute atomic E-state index is 12.3. The SMILES string of the molecule is O=C(Cc1ccc([N+](=O)[O-])cc1)Nc1ccc2nc(SCCC3OCCCO3)sc2c1. The van der Waals surface area contributed by atoms with Crippen LogP contribution in [0, 0.1) is 10.1 Å². The van der Waals surface area contributed by atoms with E-state index in [1.165, 1.54) is 12.1 Å². The minimum absolute atomic E-state index is 0.00673. The molecule has 1 aliphatic rings. The van der Waals surface area contributed by atoms with Crippen LogP contribution >= 0.6 is 23.1 Å². The Kier molecular flexibility index (Phi) is 7.13. The zero-order chi connectivity index (χ0) is 21.6. The number of non-ortho nitro benzene ring substituents is 1. The van der Waals surface area contributed by atoms with E-state index in [9.17, 15) is 14.9 Å². The van der Waals surface area contributed by atoms with Gasteiger partial charge in [0.1, 0.15) is 0 Å². The molecule has 0 aliphatic carbocycles. The molecule has 1 amide bonds. The van der Waals surface area contributed by atoms with Crippen molar-refractivity contribution in [3.8, 4) is 0 Å². The van der Waals surface area contributed by atoms with E-state index in [1.54, 1.807) is 35.2 Å². The number of nitrogens with zero attached hydrogens (tertiary/aromatic N) is 2. The smallest absolute Gasteiger partial charge is 0.269 e. The molecular formula is C21H21N3O5S2. The molecule has 1 fully saturated rings. The number of hydrogen-bond donors (Lipinski definition) is 1. The summed E-state index contributed by atoms with van der Waals surface area (Å²) in [5, 5.41) is 13.6. The first-order valence-electron chi connectivity index (χ1n) is 9.86. The highest BCUT2D eigenvalue weighted by Crippen LogP contribution is 2.32. The number of nitrogens with one attached hydrogen (secondary N) is 1. The normalized spacial score (nSPS) is 14.6. The largest absolute Gasteiger partial charge is 0.353 e. The van der Waals surface area contributed by atoms with Crippen molar-refractivity contribution in [1.29, 1.82) is 0 Å². The molecule has 2 aromatic carbocycles. The molecule has 0 unspecified atom stereocenters. The summed E-state index contributed by atoms with van der Waals surface area (Å²) >= 11 is 3.27. The first-order chi connectivity index (χ1) is 15.1. The van der Waals surface area contributed by atoms with Crippen molar-refractivity contribution in [3.63, 3.8) is 0 Å². The Bertz CT molecular complexity index is 1060. The number of hydrogen-bond acceptors (Lipinski definition) is 8. The summed E-state index contributed by atoms with van der Waals surface area (Å²) in [7, 11) is 0. The Morgan fingerprint density at radius 2 is 2.00 bits per heavy atom. The monoisotopic (exact) mass is 459 g/mol. The van der Waals surface area contributed by atoms with Crippen molar-refractivity contribution in [1.82, 2.24) is 4.98 Å². The molecule has 0 saturated carbocycles. The zero-order valence-electron chi connectivity index (χ0n) is 16.6. The number of anilines is 1. The Morgan fingerprint density at radius 1 is 1.23 bits per heavy atom. The molecular weight excluding hydrogens is 438 g/mol. The molecule has 1 aromatic heterocycles. The van der Waals surface area contributed by atoms with E-state index in [0.29, 0.717) is 11.3 Å². The molecule has 2 heterocycles. The third-order valence-electron chi connectivity index (χ3n) is 4.64. The van der Waals surface area contributed by atoms with Crippen molar-refractivity contribution in [2.24, 2.45) is 0 Å². The number of nitro groups is 1. The third kappa shape index (κ3) is 6.01. The number of thioether (sulfide) groups is 1. The van der Waals surface area contributed by atoms with Gasteiger partial charge in [0.05, 0.1) is 34.8 Å². The number of amides is 1. The van der Waals surface area contributed by atoms with E-state index >= 15 is 0 Å². The number of carbonyl (C=O) groups excluding carboxylic acids is 1. The molecule has 4 rings (SSSR count). The number of aromatic nitrogens is 1. The van der Waals surface area contributed by atoms with Gasteiger partial charge in [0.25, 0.3) is 5.69 Å². The first kappa shape index (κ1) is 21.7.